The second-order valence-corrected chi connectivity index (χ2v) is 38.3. The van der Waals surface area contributed by atoms with Crippen molar-refractivity contribution in [2.24, 2.45) is 7.05 Å². The van der Waals surface area contributed by atoms with Crippen molar-refractivity contribution in [3.8, 4) is 84.2 Å². The topological polar surface area (TPSA) is 137 Å². The van der Waals surface area contributed by atoms with Crippen LogP contribution in [0, 0.1) is 56.4 Å². The summed E-state index contributed by atoms with van der Waals surface area (Å²) in [6.07, 6.45) is 10.5. The molecule has 137 heavy (non-hydrogen) atoms. The number of aryl methyl sites for hydroxylation is 1. The van der Waals surface area contributed by atoms with Gasteiger partial charge in [0, 0.05) is 120 Å². The van der Waals surface area contributed by atoms with Crippen LogP contribution < -0.4 is 45.3 Å². The molecule has 1 unspecified atom stereocenters. The summed E-state index contributed by atoms with van der Waals surface area (Å²) in [6.45, 7) is 13.1. The van der Waals surface area contributed by atoms with Gasteiger partial charge in [-0.2, -0.15) is 104 Å². The molecule has 4 aromatic heterocycles. The number of nitrogens with zero attached hydrogens (tertiary/aromatic N) is 12. The molecule has 0 bridgehead atoms. The van der Waals surface area contributed by atoms with Crippen molar-refractivity contribution in [1.29, 1.82) is 0 Å². The smallest absolute Gasteiger partial charge is 0.504 e. The summed E-state index contributed by atoms with van der Waals surface area (Å²) in [6, 6.07) is 141. The number of hydrogen-bond acceptors (Lipinski definition) is 13. The molecule has 16 nitrogen and oxygen atoms in total. The molecule has 0 saturated heterocycles. The second-order valence-electron chi connectivity index (χ2n) is 33.8. The first kappa shape index (κ1) is 94.6. The van der Waals surface area contributed by atoms with E-state index in [4.69, 9.17) is 4.42 Å². The quantitative estimate of drug-likeness (QED) is 0.0949. The van der Waals surface area contributed by atoms with Crippen LogP contribution in [-0.4, -0.2) is 58.4 Å². The van der Waals surface area contributed by atoms with E-state index in [1.54, 1.807) is 47.7 Å². The number of para-hydroxylation sites is 8. The zero-order valence-electron chi connectivity index (χ0n) is 75.7. The molecule has 9 heterocycles. The number of anilines is 9. The molecule has 21 heteroatoms. The van der Waals surface area contributed by atoms with Gasteiger partial charge in [0.05, 0.1) is 28.1 Å². The van der Waals surface area contributed by atoms with Crippen molar-refractivity contribution in [1.82, 2.24) is 28.9 Å². The molecule has 20 aromatic rings. The van der Waals surface area contributed by atoms with Gasteiger partial charge in [-0.1, -0.05) is 192 Å². The predicted molar refractivity (Wildman–Crippen MR) is 544 cm³/mol. The van der Waals surface area contributed by atoms with Crippen LogP contribution in [0.5, 0.6) is 0 Å². The van der Waals surface area contributed by atoms with E-state index in [-0.39, 0.29) is 65.9 Å². The number of fused-ring (bicyclic) bond motifs is 12. The predicted octanol–water partition coefficient (Wildman–Crippen LogP) is 25.6. The van der Waals surface area contributed by atoms with Crippen molar-refractivity contribution in [3.63, 3.8) is 0 Å². The standard InChI is InChI=1S/C32H23N2OP.C30H27N3.C26H18N2O2S.C10H9N2.C9H7N2.C9H6NO.3Ir/c1-33-22-34(30-13-7-6-12-29(30)33)25-18-15-23(16-19-25)24-17-20-28-27-11-5-8-14-31(27)36(35,32(28)21-24)26-9-3-2-4-10-26;1-30(2,3)33-26-10-6-5-9-24(26)25-18-15-22(19-29(25)33)21-13-16-23(17-14-21)32-20-31(4)27-11-7-8-12-28(27)32;1-27-17-28(24-8-4-3-7-23(24)27)20-13-10-18(11-14-20)19-12-15-22-21-6-2-5-9-25(21)31(29,30)26(22)16-19;1-12-8-7-11-10(12)9-5-3-2-4-6-9;1-2-5-9(6-3-1)11-8-4-7-10-11;1-2-4-8(5-3-1)9-10-6-7-11-9;;;/h2-18,20-22H,1H3;5-16,18-20H,1-4H3;2-13,15-17H,1H3;2-5,7-8H,1H3;1-5,7-8H;1-4,6-7H;;;/q3*-2;3*-1;3*+3. The number of imidazole rings is 1. The van der Waals surface area contributed by atoms with Crippen molar-refractivity contribution in [2.45, 2.75) is 36.1 Å². The zero-order valence-corrected chi connectivity index (χ0v) is 84.6. The van der Waals surface area contributed by atoms with E-state index in [2.05, 4.69) is 291 Å². The van der Waals surface area contributed by atoms with E-state index in [1.807, 2.05) is 226 Å². The van der Waals surface area contributed by atoms with Crippen LogP contribution in [0.25, 0.3) is 106 Å². The normalized spacial score (nSPS) is 13.9. The molecule has 0 fully saturated rings. The zero-order chi connectivity index (χ0) is 91.6. The van der Waals surface area contributed by atoms with Gasteiger partial charge < -0.3 is 47.5 Å². The fraction of sp³-hybridized carbons (Fsp3) is 0.0690. The SMILES string of the molecule is CN1[CH-]N(c2[c-]cc(-c3ccc4c(c3)P(=O)(c3ccccc3)c3ccccc3-4)cc2)c2ccccc21.CN1[CH-]N(c2[c-]cc(-c3ccc4c(c3)S(=O)(=O)c3ccccc3-4)cc2)c2ccccc21.CN1[CH-]N(c2[c-]cc(-c3ccc4c5ccccc5n(C(C)(C)C)c4c3)cc2)c2ccccc21.Cn1ccnc1-c1[c-]cccc1.[Ir+3].[Ir+3].[Ir+3].[c-]1ccccc1-c1ncco1.[c-]1ccccc1-n1cccn1. The van der Waals surface area contributed by atoms with Crippen LogP contribution in [0.1, 0.15) is 20.8 Å². The molecular formula is C116H90Ir3N12O4PS. The summed E-state index contributed by atoms with van der Waals surface area (Å²) >= 11 is 0. The Morgan fingerprint density at radius 3 is 1.35 bits per heavy atom. The molecule has 1 atom stereocenters. The Labute approximate surface area is 840 Å². The molecule has 0 amide bonds. The van der Waals surface area contributed by atoms with Crippen molar-refractivity contribution in [3.05, 3.63) is 458 Å². The molecular weight excluding hydrogens is 2270 g/mol. The van der Waals surface area contributed by atoms with E-state index >= 15 is 0 Å². The molecule has 5 aliphatic rings. The van der Waals surface area contributed by atoms with Crippen molar-refractivity contribution < 1.29 is 77.7 Å². The summed E-state index contributed by atoms with van der Waals surface area (Å²) < 4.78 is 52.1. The Hall–Kier alpha value is -14.1. The average Bonchev–Trinajstić information content (AvgIpc) is 1.56. The van der Waals surface area contributed by atoms with Gasteiger partial charge in [-0.25, -0.2) is 8.42 Å². The molecule has 0 radical (unpaired) electrons. The number of rotatable bonds is 10. The third-order valence-corrected chi connectivity index (χ3v) is 29.3. The van der Waals surface area contributed by atoms with Crippen LogP contribution in [0.4, 0.5) is 51.2 Å². The van der Waals surface area contributed by atoms with Crippen LogP contribution in [0.2, 0.25) is 0 Å². The summed E-state index contributed by atoms with van der Waals surface area (Å²) in [5.41, 5.74) is 25.3. The Bertz CT molecular complexity index is 7720. The van der Waals surface area contributed by atoms with Crippen LogP contribution in [0.3, 0.4) is 0 Å². The second kappa shape index (κ2) is 40.8. The Kier molecular flexibility index (Phi) is 28.2. The monoisotopic (exact) mass is 2360 g/mol. The van der Waals surface area contributed by atoms with E-state index in [1.165, 1.54) is 50.0 Å². The summed E-state index contributed by atoms with van der Waals surface area (Å²) in [7, 11) is 1.70. The fourth-order valence-electron chi connectivity index (χ4n) is 17.9. The number of sulfone groups is 1. The maximum Gasteiger partial charge on any atom is 3.00 e. The largest absolute Gasteiger partial charge is 3.00 e. The van der Waals surface area contributed by atoms with E-state index in [0.717, 1.165) is 117 Å². The minimum absolute atomic E-state index is 0. The Morgan fingerprint density at radius 1 is 0.365 bits per heavy atom. The van der Waals surface area contributed by atoms with Gasteiger partial charge in [0.2, 0.25) is 9.84 Å². The van der Waals surface area contributed by atoms with Crippen molar-refractivity contribution >= 4 is 106 Å². The molecule has 0 N–H and O–H groups in total. The third kappa shape index (κ3) is 18.8. The molecule has 0 aliphatic carbocycles. The molecule has 0 spiro atoms. The number of oxazole rings is 1. The maximum atomic E-state index is 14.8. The molecule has 5 aliphatic heterocycles. The number of hydrogen-bond donors (Lipinski definition) is 0. The van der Waals surface area contributed by atoms with Gasteiger partial charge in [0.1, 0.15) is 5.89 Å². The number of benzene rings is 16. The summed E-state index contributed by atoms with van der Waals surface area (Å²) in [5, 5.41) is 9.40. The van der Waals surface area contributed by atoms with Crippen LogP contribution in [0.15, 0.2) is 415 Å². The molecule has 0 saturated carbocycles. The third-order valence-electron chi connectivity index (χ3n) is 24.3. The average molecular weight is 2360 g/mol. The van der Waals surface area contributed by atoms with Crippen LogP contribution >= 0.6 is 7.14 Å². The fourth-order valence-corrected chi connectivity index (χ4v) is 22.7. The Morgan fingerprint density at radius 2 is 0.832 bits per heavy atom. The molecule has 25 rings (SSSR count). The van der Waals surface area contributed by atoms with Gasteiger partial charge in [-0.15, -0.1) is 124 Å². The minimum Gasteiger partial charge on any atom is -0.504 e. The van der Waals surface area contributed by atoms with Crippen LogP contribution in [-0.2, 0) is 87.3 Å². The summed E-state index contributed by atoms with van der Waals surface area (Å²) in [4.78, 5) is 21.8. The van der Waals surface area contributed by atoms with Gasteiger partial charge in [0.15, 0.2) is 7.14 Å². The van der Waals surface area contributed by atoms with Gasteiger partial charge in [-0.05, 0) is 125 Å². The first-order valence-corrected chi connectivity index (χ1v) is 47.2. The van der Waals surface area contributed by atoms with Gasteiger partial charge >= 0.3 is 60.3 Å². The first-order chi connectivity index (χ1) is 65.4. The summed E-state index contributed by atoms with van der Waals surface area (Å²) in [5.74, 6) is 1.57. The number of aromatic nitrogens is 6. The van der Waals surface area contributed by atoms with Crippen molar-refractivity contribution in [2.75, 3.05) is 50.5 Å². The Balaban J connectivity index is 0.000000120. The van der Waals surface area contributed by atoms with E-state index in [0.29, 0.717) is 15.7 Å². The minimum atomic E-state index is -3.49. The van der Waals surface area contributed by atoms with E-state index in [9.17, 15) is 13.0 Å². The van der Waals surface area contributed by atoms with Gasteiger partial charge in [-0.3, -0.25) is 14.6 Å². The maximum absolute atomic E-state index is 14.8. The van der Waals surface area contributed by atoms with E-state index < -0.39 is 17.0 Å². The van der Waals surface area contributed by atoms with Gasteiger partial charge in [0.25, 0.3) is 0 Å². The molecule has 676 valence electrons. The molecule has 16 aromatic carbocycles. The first-order valence-electron chi connectivity index (χ1n) is 44.1.